The Bertz CT molecular complexity index is 434. The highest BCUT2D eigenvalue weighted by Crippen LogP contribution is 2.33. The van der Waals surface area contributed by atoms with Crippen LogP contribution in [0, 0.1) is 0 Å². The highest BCUT2D eigenvalue weighted by atomic mass is 32.1. The molecule has 0 fully saturated rings. The summed E-state index contributed by atoms with van der Waals surface area (Å²) in [6, 6.07) is 10.3. The lowest BCUT2D eigenvalue weighted by molar-refractivity contribution is 0.193. The third-order valence-electron chi connectivity index (χ3n) is 4.60. The van der Waals surface area contributed by atoms with Gasteiger partial charge in [0.25, 0.3) is 0 Å². The quantitative estimate of drug-likeness (QED) is 0.415. The normalized spacial score (nSPS) is 15.4. The van der Waals surface area contributed by atoms with Crippen molar-refractivity contribution in [2.75, 3.05) is 5.32 Å². The van der Waals surface area contributed by atoms with Gasteiger partial charge in [0.1, 0.15) is 0 Å². The van der Waals surface area contributed by atoms with E-state index in [9.17, 15) is 0 Å². The molecular weight excluding hydrogens is 288 g/mol. The molecule has 3 heteroatoms. The number of thiol groups is 1. The van der Waals surface area contributed by atoms with Gasteiger partial charge in [-0.05, 0) is 52.7 Å². The fraction of sp³-hybridized carbons (Fsp3) is 0.684. The molecule has 0 amide bonds. The van der Waals surface area contributed by atoms with Gasteiger partial charge in [-0.25, -0.2) is 0 Å². The molecular formula is C19H34N2S. The van der Waals surface area contributed by atoms with Crippen molar-refractivity contribution in [2.45, 2.75) is 83.2 Å². The van der Waals surface area contributed by atoms with Gasteiger partial charge >= 0.3 is 0 Å². The topological polar surface area (TPSA) is 24.1 Å². The molecule has 0 aliphatic rings. The monoisotopic (exact) mass is 322 g/mol. The van der Waals surface area contributed by atoms with E-state index in [1.807, 2.05) is 18.2 Å². The highest BCUT2D eigenvalue weighted by Gasteiger charge is 2.42. The second-order valence-corrected chi connectivity index (χ2v) is 8.27. The Balaban J connectivity index is 2.89. The molecule has 1 unspecified atom stereocenters. The molecule has 0 saturated heterocycles. The van der Waals surface area contributed by atoms with Crippen LogP contribution in [0.4, 0.5) is 5.69 Å². The standard InChI is InChI=1S/C19H34N2S/c1-7-14-18(5,15-8-2)21-17(3,4)19(6,22)20-16-12-10-9-11-13-16/h9-13,20-22H,7-8,14-15H2,1-6H3. The van der Waals surface area contributed by atoms with Gasteiger partial charge in [0.15, 0.2) is 0 Å². The molecule has 0 radical (unpaired) electrons. The number of anilines is 1. The Morgan fingerprint density at radius 2 is 1.41 bits per heavy atom. The van der Waals surface area contributed by atoms with Gasteiger partial charge in [0.2, 0.25) is 0 Å². The second kappa shape index (κ2) is 7.74. The van der Waals surface area contributed by atoms with Crippen molar-refractivity contribution >= 4 is 18.3 Å². The number of hydrogen-bond acceptors (Lipinski definition) is 3. The first kappa shape index (κ1) is 19.4. The van der Waals surface area contributed by atoms with Gasteiger partial charge < -0.3 is 10.6 Å². The van der Waals surface area contributed by atoms with E-state index in [0.717, 1.165) is 5.69 Å². The first-order valence-corrected chi connectivity index (χ1v) is 8.95. The van der Waals surface area contributed by atoms with Crippen molar-refractivity contribution in [1.29, 1.82) is 0 Å². The zero-order valence-corrected chi connectivity index (χ0v) is 16.1. The maximum atomic E-state index is 4.95. The number of benzene rings is 1. The van der Waals surface area contributed by atoms with Crippen molar-refractivity contribution in [2.24, 2.45) is 0 Å². The summed E-state index contributed by atoms with van der Waals surface area (Å²) in [5.74, 6) is 0. The summed E-state index contributed by atoms with van der Waals surface area (Å²) in [7, 11) is 0. The Hall–Kier alpha value is -0.670. The van der Waals surface area contributed by atoms with Gasteiger partial charge in [-0.3, -0.25) is 0 Å². The van der Waals surface area contributed by atoms with Gasteiger partial charge in [0.05, 0.1) is 4.87 Å². The van der Waals surface area contributed by atoms with Gasteiger partial charge in [0, 0.05) is 16.8 Å². The van der Waals surface area contributed by atoms with Crippen LogP contribution in [0.5, 0.6) is 0 Å². The fourth-order valence-corrected chi connectivity index (χ4v) is 3.37. The minimum absolute atomic E-state index is 0.148. The average Bonchev–Trinajstić information content (AvgIpc) is 2.38. The van der Waals surface area contributed by atoms with Crippen molar-refractivity contribution in [3.05, 3.63) is 30.3 Å². The van der Waals surface area contributed by atoms with Crippen molar-refractivity contribution in [1.82, 2.24) is 5.32 Å². The maximum Gasteiger partial charge on any atom is 0.0954 e. The van der Waals surface area contributed by atoms with Crippen LogP contribution in [0.25, 0.3) is 0 Å². The molecule has 0 spiro atoms. The summed E-state index contributed by atoms with van der Waals surface area (Å²) in [5, 5.41) is 7.46. The van der Waals surface area contributed by atoms with E-state index >= 15 is 0 Å². The van der Waals surface area contributed by atoms with Crippen molar-refractivity contribution < 1.29 is 0 Å². The van der Waals surface area contributed by atoms with E-state index in [1.165, 1.54) is 25.7 Å². The Morgan fingerprint density at radius 1 is 0.909 bits per heavy atom. The molecule has 0 aromatic heterocycles. The lowest BCUT2D eigenvalue weighted by Gasteiger charge is -2.48. The maximum absolute atomic E-state index is 4.95. The molecule has 0 aliphatic carbocycles. The number of rotatable bonds is 9. The number of para-hydroxylation sites is 1. The molecule has 1 aromatic carbocycles. The smallest absolute Gasteiger partial charge is 0.0954 e. The van der Waals surface area contributed by atoms with Crippen LogP contribution in [-0.4, -0.2) is 15.9 Å². The molecule has 0 saturated carbocycles. The van der Waals surface area contributed by atoms with Crippen LogP contribution in [0.2, 0.25) is 0 Å². The van der Waals surface area contributed by atoms with E-state index in [1.54, 1.807) is 0 Å². The average molecular weight is 323 g/mol. The largest absolute Gasteiger partial charge is 0.370 e. The number of nitrogens with one attached hydrogen (secondary N) is 2. The zero-order chi connectivity index (χ0) is 16.9. The van der Waals surface area contributed by atoms with Crippen LogP contribution in [0.1, 0.15) is 67.2 Å². The molecule has 2 nitrogen and oxygen atoms in total. The minimum atomic E-state index is -0.364. The van der Waals surface area contributed by atoms with Crippen LogP contribution in [0.15, 0.2) is 30.3 Å². The predicted molar refractivity (Wildman–Crippen MR) is 103 cm³/mol. The number of hydrogen-bond donors (Lipinski definition) is 3. The SMILES string of the molecule is CCCC(C)(CCC)NC(C)(C)C(C)(S)Nc1ccccc1. The van der Waals surface area contributed by atoms with Crippen LogP contribution in [-0.2, 0) is 0 Å². The molecule has 22 heavy (non-hydrogen) atoms. The molecule has 0 heterocycles. The third kappa shape index (κ3) is 5.20. The molecule has 1 aromatic rings. The lowest BCUT2D eigenvalue weighted by Crippen LogP contribution is -2.64. The zero-order valence-electron chi connectivity index (χ0n) is 15.2. The minimum Gasteiger partial charge on any atom is -0.370 e. The molecule has 1 rings (SSSR count). The second-order valence-electron chi connectivity index (χ2n) is 7.37. The Labute approximate surface area is 142 Å². The first-order valence-electron chi connectivity index (χ1n) is 8.51. The molecule has 126 valence electrons. The lowest BCUT2D eigenvalue weighted by atomic mass is 9.84. The van der Waals surface area contributed by atoms with E-state index in [2.05, 4.69) is 64.3 Å². The van der Waals surface area contributed by atoms with Crippen molar-refractivity contribution in [3.63, 3.8) is 0 Å². The van der Waals surface area contributed by atoms with Gasteiger partial charge in [-0.15, -0.1) is 12.6 Å². The summed E-state index contributed by atoms with van der Waals surface area (Å²) in [6.07, 6.45) is 4.74. The summed E-state index contributed by atoms with van der Waals surface area (Å²) in [4.78, 5) is -0.364. The van der Waals surface area contributed by atoms with E-state index in [0.29, 0.717) is 0 Å². The van der Waals surface area contributed by atoms with E-state index < -0.39 is 0 Å². The van der Waals surface area contributed by atoms with Gasteiger partial charge in [-0.1, -0.05) is 44.9 Å². The summed E-state index contributed by atoms with van der Waals surface area (Å²) < 4.78 is 0. The highest BCUT2D eigenvalue weighted by molar-refractivity contribution is 7.82. The van der Waals surface area contributed by atoms with Crippen LogP contribution >= 0.6 is 12.6 Å². The first-order chi connectivity index (χ1) is 10.2. The molecule has 0 bridgehead atoms. The molecule has 0 aliphatic heterocycles. The summed E-state index contributed by atoms with van der Waals surface area (Å²) in [5.41, 5.74) is 1.09. The third-order valence-corrected chi connectivity index (χ3v) is 5.27. The van der Waals surface area contributed by atoms with Crippen LogP contribution in [0.3, 0.4) is 0 Å². The summed E-state index contributed by atoms with van der Waals surface area (Å²) in [6.45, 7) is 13.5. The van der Waals surface area contributed by atoms with Gasteiger partial charge in [-0.2, -0.15) is 0 Å². The molecule has 1 atom stereocenters. The van der Waals surface area contributed by atoms with Crippen molar-refractivity contribution in [3.8, 4) is 0 Å². The Kier molecular flexibility index (Phi) is 6.82. The summed E-state index contributed by atoms with van der Waals surface area (Å²) >= 11 is 4.95. The Morgan fingerprint density at radius 3 is 1.86 bits per heavy atom. The van der Waals surface area contributed by atoms with Crippen LogP contribution < -0.4 is 10.6 Å². The fourth-order valence-electron chi connectivity index (χ4n) is 3.19. The van der Waals surface area contributed by atoms with E-state index in [4.69, 9.17) is 12.6 Å². The molecule has 2 N–H and O–H groups in total. The predicted octanol–water partition coefficient (Wildman–Crippen LogP) is 5.47. The van der Waals surface area contributed by atoms with E-state index in [-0.39, 0.29) is 15.9 Å².